The van der Waals surface area contributed by atoms with Gasteiger partial charge in [-0.15, -0.1) is 0 Å². The zero-order chi connectivity index (χ0) is 17.6. The summed E-state index contributed by atoms with van der Waals surface area (Å²) in [6, 6.07) is 14.4. The van der Waals surface area contributed by atoms with E-state index >= 15 is 0 Å². The third-order valence-corrected chi connectivity index (χ3v) is 5.04. The number of rotatable bonds is 7. The summed E-state index contributed by atoms with van der Waals surface area (Å²) in [6.07, 6.45) is 0. The molecule has 2 rings (SSSR count). The highest BCUT2D eigenvalue weighted by Gasteiger charge is 2.27. The molecule has 0 aliphatic heterocycles. The van der Waals surface area contributed by atoms with E-state index in [-0.39, 0.29) is 11.5 Å². The minimum Gasteiger partial charge on any atom is -0.497 e. The van der Waals surface area contributed by atoms with Crippen molar-refractivity contribution in [3.05, 3.63) is 54.6 Å². The molecular formula is C17H19NO5S. The van der Waals surface area contributed by atoms with Crippen molar-refractivity contribution in [3.8, 4) is 5.75 Å². The number of anilines is 1. The number of esters is 1. The minimum absolute atomic E-state index is 0.0946. The van der Waals surface area contributed by atoms with Gasteiger partial charge in [0.15, 0.2) is 0 Å². The van der Waals surface area contributed by atoms with E-state index in [0.29, 0.717) is 11.4 Å². The Morgan fingerprint density at radius 1 is 1.08 bits per heavy atom. The number of carbonyl (C=O) groups excluding carboxylic acids is 1. The second-order valence-electron chi connectivity index (χ2n) is 4.83. The van der Waals surface area contributed by atoms with Gasteiger partial charge in [-0.1, -0.05) is 24.3 Å². The predicted molar refractivity (Wildman–Crippen MR) is 90.6 cm³/mol. The molecule has 7 heteroatoms. The highest BCUT2D eigenvalue weighted by atomic mass is 32.2. The highest BCUT2D eigenvalue weighted by Crippen LogP contribution is 2.26. The first-order valence-electron chi connectivity index (χ1n) is 7.36. The summed E-state index contributed by atoms with van der Waals surface area (Å²) in [6.45, 7) is 1.42. The maximum absolute atomic E-state index is 12.9. The standard InChI is InChI=1S/C17H19NO5S/c1-3-23-17(19)13-18(14-8-7-9-15(12-14)22-2)24(20,21)16-10-5-4-6-11-16/h4-12H,3,13H2,1-2H3. The fourth-order valence-corrected chi connectivity index (χ4v) is 3.55. The molecular weight excluding hydrogens is 330 g/mol. The van der Waals surface area contributed by atoms with Crippen LogP contribution in [0.15, 0.2) is 59.5 Å². The van der Waals surface area contributed by atoms with Crippen molar-refractivity contribution in [3.63, 3.8) is 0 Å². The molecule has 0 radical (unpaired) electrons. The number of sulfonamides is 1. The zero-order valence-electron chi connectivity index (χ0n) is 13.5. The maximum atomic E-state index is 12.9. The lowest BCUT2D eigenvalue weighted by Crippen LogP contribution is -2.36. The van der Waals surface area contributed by atoms with Crippen LogP contribution in [0.4, 0.5) is 5.69 Å². The van der Waals surface area contributed by atoms with Gasteiger partial charge in [-0.25, -0.2) is 8.42 Å². The van der Waals surface area contributed by atoms with Gasteiger partial charge in [-0.2, -0.15) is 0 Å². The fraction of sp³-hybridized carbons (Fsp3) is 0.235. The van der Waals surface area contributed by atoms with Crippen LogP contribution in [0, 0.1) is 0 Å². The Hall–Kier alpha value is -2.54. The Labute approximate surface area is 141 Å². The van der Waals surface area contributed by atoms with E-state index in [2.05, 4.69) is 0 Å². The van der Waals surface area contributed by atoms with Gasteiger partial charge in [0.2, 0.25) is 0 Å². The fourth-order valence-electron chi connectivity index (χ4n) is 2.12. The molecule has 0 heterocycles. The molecule has 0 bridgehead atoms. The van der Waals surface area contributed by atoms with E-state index in [1.807, 2.05) is 0 Å². The normalized spacial score (nSPS) is 10.9. The summed E-state index contributed by atoms with van der Waals surface area (Å²) in [7, 11) is -2.43. The van der Waals surface area contributed by atoms with Crippen molar-refractivity contribution in [2.75, 3.05) is 24.6 Å². The molecule has 0 atom stereocenters. The number of carbonyl (C=O) groups is 1. The first-order chi connectivity index (χ1) is 11.5. The average molecular weight is 349 g/mol. The lowest BCUT2D eigenvalue weighted by atomic mass is 10.3. The van der Waals surface area contributed by atoms with Gasteiger partial charge in [0.25, 0.3) is 10.0 Å². The third-order valence-electron chi connectivity index (χ3n) is 3.25. The summed E-state index contributed by atoms with van der Waals surface area (Å²) in [5.74, 6) is -0.135. The summed E-state index contributed by atoms with van der Waals surface area (Å²) >= 11 is 0. The van der Waals surface area contributed by atoms with E-state index in [9.17, 15) is 13.2 Å². The Kier molecular flexibility index (Phi) is 5.81. The van der Waals surface area contributed by atoms with Gasteiger partial charge in [0, 0.05) is 6.07 Å². The van der Waals surface area contributed by atoms with Gasteiger partial charge in [-0.05, 0) is 31.2 Å². The van der Waals surface area contributed by atoms with E-state index < -0.39 is 22.5 Å². The lowest BCUT2D eigenvalue weighted by molar-refractivity contribution is -0.141. The second-order valence-corrected chi connectivity index (χ2v) is 6.69. The van der Waals surface area contributed by atoms with Crippen molar-refractivity contribution < 1.29 is 22.7 Å². The highest BCUT2D eigenvalue weighted by molar-refractivity contribution is 7.92. The summed E-state index contributed by atoms with van der Waals surface area (Å²) < 4.78 is 37.0. The van der Waals surface area contributed by atoms with Gasteiger partial charge in [0.05, 0.1) is 24.3 Å². The third kappa shape index (κ3) is 4.05. The van der Waals surface area contributed by atoms with Crippen LogP contribution in [0.3, 0.4) is 0 Å². The van der Waals surface area contributed by atoms with E-state index in [0.717, 1.165) is 4.31 Å². The predicted octanol–water partition coefficient (Wildman–Crippen LogP) is 2.45. The van der Waals surface area contributed by atoms with Crippen molar-refractivity contribution in [2.45, 2.75) is 11.8 Å². The quantitative estimate of drug-likeness (QED) is 0.718. The molecule has 0 aliphatic carbocycles. The molecule has 6 nitrogen and oxygen atoms in total. The molecule has 0 spiro atoms. The lowest BCUT2D eigenvalue weighted by Gasteiger charge is -2.24. The number of ether oxygens (including phenoxy) is 2. The van der Waals surface area contributed by atoms with Gasteiger partial charge in [-0.3, -0.25) is 9.10 Å². The van der Waals surface area contributed by atoms with Gasteiger partial charge in [0.1, 0.15) is 12.3 Å². The smallest absolute Gasteiger partial charge is 0.326 e. The number of hydrogen-bond donors (Lipinski definition) is 0. The van der Waals surface area contributed by atoms with E-state index in [1.54, 1.807) is 49.4 Å². The number of methoxy groups -OCH3 is 1. The molecule has 0 unspecified atom stereocenters. The van der Waals surface area contributed by atoms with Crippen LogP contribution in [0.5, 0.6) is 5.75 Å². The van der Waals surface area contributed by atoms with Crippen LogP contribution < -0.4 is 9.04 Å². The first kappa shape index (κ1) is 17.8. The van der Waals surface area contributed by atoms with E-state index in [4.69, 9.17) is 9.47 Å². The number of benzene rings is 2. The minimum atomic E-state index is -3.92. The van der Waals surface area contributed by atoms with Gasteiger partial charge < -0.3 is 9.47 Å². The molecule has 0 aliphatic rings. The van der Waals surface area contributed by atoms with Crippen molar-refractivity contribution in [1.82, 2.24) is 0 Å². The Bertz CT molecular complexity index is 790. The number of nitrogens with zero attached hydrogens (tertiary/aromatic N) is 1. The van der Waals surface area contributed by atoms with Crippen molar-refractivity contribution in [2.24, 2.45) is 0 Å². The maximum Gasteiger partial charge on any atom is 0.326 e. The van der Waals surface area contributed by atoms with Crippen LogP contribution in [0.1, 0.15) is 6.92 Å². The van der Waals surface area contributed by atoms with Crippen molar-refractivity contribution in [1.29, 1.82) is 0 Å². The molecule has 2 aromatic rings. The molecule has 24 heavy (non-hydrogen) atoms. The molecule has 2 aromatic carbocycles. The Morgan fingerprint density at radius 3 is 2.42 bits per heavy atom. The molecule has 0 saturated heterocycles. The summed E-state index contributed by atoms with van der Waals surface area (Å²) in [5.41, 5.74) is 0.325. The largest absolute Gasteiger partial charge is 0.497 e. The SMILES string of the molecule is CCOC(=O)CN(c1cccc(OC)c1)S(=O)(=O)c1ccccc1. The van der Waals surface area contributed by atoms with Crippen LogP contribution in [-0.2, 0) is 19.6 Å². The molecule has 0 aromatic heterocycles. The Balaban J connectivity index is 2.48. The zero-order valence-corrected chi connectivity index (χ0v) is 14.3. The van der Waals surface area contributed by atoms with Crippen LogP contribution >= 0.6 is 0 Å². The molecule has 0 amide bonds. The second kappa shape index (κ2) is 7.83. The molecule has 0 fully saturated rings. The average Bonchev–Trinajstić information content (AvgIpc) is 2.60. The topological polar surface area (TPSA) is 72.9 Å². The first-order valence-corrected chi connectivity index (χ1v) is 8.80. The Morgan fingerprint density at radius 2 is 1.79 bits per heavy atom. The monoisotopic (exact) mass is 349 g/mol. The van der Waals surface area contributed by atoms with Crippen LogP contribution in [0.25, 0.3) is 0 Å². The summed E-state index contributed by atoms with van der Waals surface area (Å²) in [5, 5.41) is 0. The molecule has 0 saturated carbocycles. The molecule has 0 N–H and O–H groups in total. The van der Waals surface area contributed by atoms with E-state index in [1.165, 1.54) is 19.2 Å². The van der Waals surface area contributed by atoms with Crippen molar-refractivity contribution >= 4 is 21.7 Å². The molecule has 128 valence electrons. The number of hydrogen-bond acceptors (Lipinski definition) is 5. The van der Waals surface area contributed by atoms with Crippen LogP contribution in [0.2, 0.25) is 0 Å². The van der Waals surface area contributed by atoms with Gasteiger partial charge >= 0.3 is 5.97 Å². The summed E-state index contributed by atoms with van der Waals surface area (Å²) in [4.78, 5) is 12.0. The van der Waals surface area contributed by atoms with Crippen LogP contribution in [-0.4, -0.2) is 34.6 Å².